The molecule has 2 amide bonds. The molecular weight excluding hydrogens is 676 g/mol. The summed E-state index contributed by atoms with van der Waals surface area (Å²) >= 11 is 0. The van der Waals surface area contributed by atoms with Gasteiger partial charge in [-0.3, -0.25) is 10.1 Å². The molecule has 0 radical (unpaired) electrons. The maximum absolute atomic E-state index is 13.2. The molecule has 4 aromatic rings. The Morgan fingerprint density at radius 1 is 0.980 bits per heavy atom. The van der Waals surface area contributed by atoms with Crippen molar-refractivity contribution in [2.45, 2.75) is 74.8 Å². The topological polar surface area (TPSA) is 184 Å². The van der Waals surface area contributed by atoms with Crippen LogP contribution < -0.4 is 16.2 Å². The number of ether oxygens (including phenoxy) is 2. The SMILES string of the molecule is C[C@@H](COC(=O)Nc1ccc(S(=O)(=O)C2CC2)c(CN(C)C(=O)OC(C)(C)C)c1)c1ccc(C(Nc2ccc3cc[nH]c(=O)c3c2)C(=O)O)cc1. The molecule has 51 heavy (non-hydrogen) atoms. The summed E-state index contributed by atoms with van der Waals surface area (Å²) in [5, 5.41) is 16.3. The number of benzene rings is 3. The van der Waals surface area contributed by atoms with E-state index < -0.39 is 44.9 Å². The number of amides is 2. The van der Waals surface area contributed by atoms with Crippen LogP contribution in [0.5, 0.6) is 0 Å². The van der Waals surface area contributed by atoms with Gasteiger partial charge in [-0.2, -0.15) is 0 Å². The van der Waals surface area contributed by atoms with Gasteiger partial charge >= 0.3 is 18.2 Å². The maximum Gasteiger partial charge on any atom is 0.411 e. The van der Waals surface area contributed by atoms with E-state index in [0.717, 1.165) is 10.9 Å². The van der Waals surface area contributed by atoms with Gasteiger partial charge in [-0.25, -0.2) is 22.8 Å². The van der Waals surface area contributed by atoms with Gasteiger partial charge in [0.25, 0.3) is 5.56 Å². The number of rotatable bonds is 12. The molecule has 1 saturated carbocycles. The van der Waals surface area contributed by atoms with Gasteiger partial charge in [0.15, 0.2) is 15.9 Å². The molecule has 1 aliphatic carbocycles. The Morgan fingerprint density at radius 2 is 1.65 bits per heavy atom. The minimum Gasteiger partial charge on any atom is -0.479 e. The Morgan fingerprint density at radius 3 is 2.29 bits per heavy atom. The van der Waals surface area contributed by atoms with Crippen LogP contribution in [0.1, 0.15) is 69.2 Å². The molecule has 13 nitrogen and oxygen atoms in total. The van der Waals surface area contributed by atoms with Gasteiger partial charge in [-0.1, -0.05) is 37.3 Å². The van der Waals surface area contributed by atoms with E-state index in [1.165, 1.54) is 30.1 Å². The summed E-state index contributed by atoms with van der Waals surface area (Å²) in [5.74, 6) is -1.35. The number of nitrogens with zero attached hydrogens (tertiary/aromatic N) is 1. The van der Waals surface area contributed by atoms with E-state index in [9.17, 15) is 32.7 Å². The Balaban J connectivity index is 1.22. The number of carbonyl (C=O) groups excluding carboxylic acids is 2. The first-order valence-electron chi connectivity index (χ1n) is 16.5. The number of carboxylic acids is 1. The number of hydrogen-bond donors (Lipinski definition) is 4. The molecule has 3 aromatic carbocycles. The van der Waals surface area contributed by atoms with Crippen LogP contribution in [0.15, 0.2) is 82.6 Å². The molecule has 0 aliphatic heterocycles. The predicted octanol–water partition coefficient (Wildman–Crippen LogP) is 6.42. The van der Waals surface area contributed by atoms with Crippen LogP contribution >= 0.6 is 0 Å². The number of aliphatic carboxylic acids is 1. The van der Waals surface area contributed by atoms with E-state index in [1.54, 1.807) is 75.5 Å². The number of H-pyrrole nitrogens is 1. The molecule has 2 atom stereocenters. The summed E-state index contributed by atoms with van der Waals surface area (Å²) in [6, 6.07) is 17.0. The number of aromatic amines is 1. The van der Waals surface area contributed by atoms with Crippen molar-refractivity contribution in [2.24, 2.45) is 0 Å². The number of carboxylic acid groups (broad SMARTS) is 1. The van der Waals surface area contributed by atoms with E-state index in [2.05, 4.69) is 15.6 Å². The maximum atomic E-state index is 13.2. The molecule has 0 spiro atoms. The lowest BCUT2D eigenvalue weighted by Gasteiger charge is -2.25. The zero-order valence-electron chi connectivity index (χ0n) is 29.1. The van der Waals surface area contributed by atoms with Gasteiger partial charge in [0.05, 0.1) is 23.3 Å². The summed E-state index contributed by atoms with van der Waals surface area (Å²) in [5.41, 5.74) is 1.38. The highest BCUT2D eigenvalue weighted by Gasteiger charge is 2.38. The Hall–Kier alpha value is -5.37. The first-order valence-corrected chi connectivity index (χ1v) is 18.0. The van der Waals surface area contributed by atoms with E-state index in [-0.39, 0.29) is 29.5 Å². The average Bonchev–Trinajstić information content (AvgIpc) is 3.92. The first kappa shape index (κ1) is 36.9. The van der Waals surface area contributed by atoms with Gasteiger partial charge in [-0.05, 0) is 92.1 Å². The van der Waals surface area contributed by atoms with Crippen molar-refractivity contribution < 1.29 is 37.4 Å². The minimum absolute atomic E-state index is 0.000192. The largest absolute Gasteiger partial charge is 0.479 e. The molecule has 4 N–H and O–H groups in total. The van der Waals surface area contributed by atoms with E-state index in [4.69, 9.17) is 9.47 Å². The summed E-state index contributed by atoms with van der Waals surface area (Å²) < 4.78 is 37.3. The number of pyridine rings is 1. The Labute approximate surface area is 295 Å². The fourth-order valence-electron chi connectivity index (χ4n) is 5.47. The third kappa shape index (κ3) is 9.25. The van der Waals surface area contributed by atoms with Gasteiger partial charge in [0.2, 0.25) is 0 Å². The predicted molar refractivity (Wildman–Crippen MR) is 193 cm³/mol. The number of fused-ring (bicyclic) bond motifs is 1. The number of aromatic nitrogens is 1. The number of hydrogen-bond acceptors (Lipinski definition) is 9. The monoisotopic (exact) mass is 718 g/mol. The Bertz CT molecular complexity index is 2100. The molecule has 1 aromatic heterocycles. The van der Waals surface area contributed by atoms with Crippen molar-refractivity contribution in [3.05, 3.63) is 100.0 Å². The lowest BCUT2D eigenvalue weighted by atomic mass is 9.98. The van der Waals surface area contributed by atoms with Crippen LogP contribution in [0.3, 0.4) is 0 Å². The van der Waals surface area contributed by atoms with Gasteiger partial charge in [-0.15, -0.1) is 0 Å². The molecule has 1 aliphatic rings. The highest BCUT2D eigenvalue weighted by Crippen LogP contribution is 2.36. The zero-order chi connectivity index (χ0) is 37.1. The Kier molecular flexibility index (Phi) is 10.7. The smallest absolute Gasteiger partial charge is 0.411 e. The van der Waals surface area contributed by atoms with Crippen LogP contribution in [-0.2, 0) is 30.7 Å². The lowest BCUT2D eigenvalue weighted by molar-refractivity contribution is -0.138. The number of sulfone groups is 1. The summed E-state index contributed by atoms with van der Waals surface area (Å²) in [4.78, 5) is 53.8. The van der Waals surface area contributed by atoms with Crippen LogP contribution in [0.4, 0.5) is 21.0 Å². The van der Waals surface area contributed by atoms with E-state index in [0.29, 0.717) is 40.7 Å². The van der Waals surface area contributed by atoms with Crippen molar-refractivity contribution >= 4 is 50.1 Å². The zero-order valence-corrected chi connectivity index (χ0v) is 29.9. The molecule has 1 unspecified atom stereocenters. The van der Waals surface area contributed by atoms with Gasteiger partial charge in [0, 0.05) is 35.9 Å². The number of anilines is 2. The highest BCUT2D eigenvalue weighted by molar-refractivity contribution is 7.92. The molecule has 0 saturated heterocycles. The first-order chi connectivity index (χ1) is 24.0. The average molecular weight is 719 g/mol. The van der Waals surface area contributed by atoms with Gasteiger partial charge in [0.1, 0.15) is 5.60 Å². The second-order valence-corrected chi connectivity index (χ2v) is 15.9. The summed E-state index contributed by atoms with van der Waals surface area (Å²) in [7, 11) is -2.10. The molecule has 270 valence electrons. The highest BCUT2D eigenvalue weighted by atomic mass is 32.2. The van der Waals surface area contributed by atoms with Crippen molar-refractivity contribution in [1.29, 1.82) is 0 Å². The van der Waals surface area contributed by atoms with Crippen LogP contribution in [-0.4, -0.2) is 66.1 Å². The van der Waals surface area contributed by atoms with E-state index >= 15 is 0 Å². The van der Waals surface area contributed by atoms with Crippen molar-refractivity contribution in [3.63, 3.8) is 0 Å². The molecule has 0 bridgehead atoms. The molecule has 1 heterocycles. The fraction of sp³-hybridized carbons (Fsp3) is 0.351. The number of nitrogens with one attached hydrogen (secondary N) is 3. The van der Waals surface area contributed by atoms with Crippen molar-refractivity contribution in [1.82, 2.24) is 9.88 Å². The lowest BCUT2D eigenvalue weighted by Crippen LogP contribution is -2.34. The van der Waals surface area contributed by atoms with Crippen molar-refractivity contribution in [3.8, 4) is 0 Å². The van der Waals surface area contributed by atoms with E-state index in [1.807, 2.05) is 6.92 Å². The molecule has 14 heteroatoms. The van der Waals surface area contributed by atoms with Gasteiger partial charge < -0.3 is 29.8 Å². The molecule has 5 rings (SSSR count). The second-order valence-electron chi connectivity index (χ2n) is 13.7. The quantitative estimate of drug-likeness (QED) is 0.127. The summed E-state index contributed by atoms with van der Waals surface area (Å²) in [6.07, 6.45) is 1.32. The fourth-order valence-corrected chi connectivity index (χ4v) is 7.33. The van der Waals surface area contributed by atoms with Crippen molar-refractivity contribution in [2.75, 3.05) is 24.3 Å². The molecule has 1 fully saturated rings. The molecular formula is C37H42N4O9S. The third-order valence-electron chi connectivity index (χ3n) is 8.33. The van der Waals surface area contributed by atoms with Crippen LogP contribution in [0.2, 0.25) is 0 Å². The third-order valence-corrected chi connectivity index (χ3v) is 10.7. The number of carbonyl (C=O) groups is 3. The van der Waals surface area contributed by atoms with Crippen LogP contribution in [0, 0.1) is 0 Å². The normalized spacial score (nSPS) is 14.3. The second kappa shape index (κ2) is 14.9. The standard InChI is InChI=1S/C37H42N4O9S/c1-22(23-6-8-25(9-7-23)32(34(43)44)39-28-11-10-24-16-17-38-33(42)30(24)19-28)21-49-35(45)40-27-12-15-31(51(47,48)29-13-14-29)26(18-27)20-41(5)36(46)50-37(2,3)4/h6-12,15-19,22,29,32,39H,13-14,20-21H2,1-5H3,(H,38,42)(H,40,45)(H,43,44)/t22-,32?/m0/s1. The minimum atomic E-state index is -3.61. The van der Waals surface area contributed by atoms with Crippen LogP contribution in [0.25, 0.3) is 10.8 Å². The summed E-state index contributed by atoms with van der Waals surface area (Å²) in [6.45, 7) is 7.00.